The highest BCUT2D eigenvalue weighted by Crippen LogP contribution is 2.32. The van der Waals surface area contributed by atoms with E-state index in [4.69, 9.17) is 4.74 Å². The lowest BCUT2D eigenvalue weighted by Gasteiger charge is -2.11. The largest absolute Gasteiger partial charge is 0.457 e. The monoisotopic (exact) mass is 445 g/mol. The standard InChI is InChI=1S/C22H18F3N3O2S/c1-13-12-28-19(14(2)27-21(28)31-13)20(29)26-11-15-6-8-17(9-7-15)30-18-5-3-4-16(10-18)22(23,24)25/h3-10,12H,11H2,1-2H3,(H,26,29). The maximum atomic E-state index is 12.8. The Morgan fingerprint density at radius 2 is 1.87 bits per heavy atom. The summed E-state index contributed by atoms with van der Waals surface area (Å²) in [7, 11) is 0. The third kappa shape index (κ3) is 4.56. The van der Waals surface area contributed by atoms with Gasteiger partial charge in [0.2, 0.25) is 0 Å². The highest BCUT2D eigenvalue weighted by molar-refractivity contribution is 7.17. The molecule has 0 aliphatic rings. The number of aromatic nitrogens is 2. The number of carbonyl (C=O) groups is 1. The highest BCUT2D eigenvalue weighted by atomic mass is 32.1. The van der Waals surface area contributed by atoms with E-state index in [1.165, 1.54) is 23.5 Å². The zero-order chi connectivity index (χ0) is 22.2. The van der Waals surface area contributed by atoms with Crippen molar-refractivity contribution in [3.63, 3.8) is 0 Å². The van der Waals surface area contributed by atoms with Gasteiger partial charge in [0.25, 0.3) is 5.91 Å². The first-order valence-electron chi connectivity index (χ1n) is 9.38. The molecule has 0 saturated carbocycles. The smallest absolute Gasteiger partial charge is 0.416 e. The summed E-state index contributed by atoms with van der Waals surface area (Å²) in [6.07, 6.45) is -2.54. The van der Waals surface area contributed by atoms with E-state index in [1.807, 2.05) is 13.1 Å². The van der Waals surface area contributed by atoms with Gasteiger partial charge < -0.3 is 10.1 Å². The molecule has 0 aliphatic carbocycles. The number of rotatable bonds is 5. The molecule has 0 spiro atoms. The molecule has 0 fully saturated rings. The van der Waals surface area contributed by atoms with Crippen LogP contribution in [0.15, 0.2) is 54.7 Å². The maximum absolute atomic E-state index is 12.8. The fourth-order valence-electron chi connectivity index (χ4n) is 3.15. The molecule has 5 nitrogen and oxygen atoms in total. The molecule has 2 heterocycles. The second kappa shape index (κ2) is 8.07. The lowest BCUT2D eigenvalue weighted by Crippen LogP contribution is -2.24. The molecule has 0 bridgehead atoms. The Morgan fingerprint density at radius 1 is 1.13 bits per heavy atom. The number of amides is 1. The molecule has 0 saturated heterocycles. The Morgan fingerprint density at radius 3 is 2.58 bits per heavy atom. The maximum Gasteiger partial charge on any atom is 0.416 e. The molecule has 2 aromatic heterocycles. The van der Waals surface area contributed by atoms with Gasteiger partial charge >= 0.3 is 6.18 Å². The Hall–Kier alpha value is -3.33. The molecular weight excluding hydrogens is 427 g/mol. The topological polar surface area (TPSA) is 55.6 Å². The molecule has 160 valence electrons. The minimum absolute atomic E-state index is 0.0992. The first kappa shape index (κ1) is 20.9. The van der Waals surface area contributed by atoms with Gasteiger partial charge in [-0.1, -0.05) is 18.2 Å². The summed E-state index contributed by atoms with van der Waals surface area (Å²) < 4.78 is 45.8. The molecule has 0 unspecified atom stereocenters. The first-order chi connectivity index (χ1) is 14.7. The summed E-state index contributed by atoms with van der Waals surface area (Å²) in [4.78, 5) is 18.9. The van der Waals surface area contributed by atoms with Gasteiger partial charge in [-0.15, -0.1) is 11.3 Å². The van der Waals surface area contributed by atoms with Crippen molar-refractivity contribution in [2.45, 2.75) is 26.6 Å². The summed E-state index contributed by atoms with van der Waals surface area (Å²) in [5.74, 6) is 0.269. The van der Waals surface area contributed by atoms with Crippen LogP contribution in [0.4, 0.5) is 13.2 Å². The van der Waals surface area contributed by atoms with Crippen molar-refractivity contribution in [2.75, 3.05) is 0 Å². The van der Waals surface area contributed by atoms with E-state index in [0.29, 0.717) is 23.7 Å². The number of nitrogens with one attached hydrogen (secondary N) is 1. The van der Waals surface area contributed by atoms with Gasteiger partial charge in [0.1, 0.15) is 17.2 Å². The van der Waals surface area contributed by atoms with E-state index in [2.05, 4.69) is 10.3 Å². The number of halogens is 3. The van der Waals surface area contributed by atoms with Crippen LogP contribution in [0, 0.1) is 13.8 Å². The van der Waals surface area contributed by atoms with Crippen LogP contribution >= 0.6 is 11.3 Å². The number of alkyl halides is 3. The van der Waals surface area contributed by atoms with Gasteiger partial charge in [-0.05, 0) is 49.7 Å². The van der Waals surface area contributed by atoms with Crippen molar-refractivity contribution < 1.29 is 22.7 Å². The number of nitrogens with zero attached hydrogens (tertiary/aromatic N) is 2. The Bertz CT molecular complexity index is 1240. The number of carbonyl (C=O) groups excluding carboxylic acids is 1. The minimum atomic E-state index is -4.43. The molecule has 0 aliphatic heterocycles. The van der Waals surface area contributed by atoms with Crippen molar-refractivity contribution in [1.29, 1.82) is 0 Å². The summed E-state index contributed by atoms with van der Waals surface area (Å²) >= 11 is 1.52. The highest BCUT2D eigenvalue weighted by Gasteiger charge is 2.30. The number of imidazole rings is 1. The SMILES string of the molecule is Cc1cn2c(C(=O)NCc3ccc(Oc4cccc(C(F)(F)F)c4)cc3)c(C)nc2s1. The number of hydrogen-bond acceptors (Lipinski definition) is 4. The number of hydrogen-bond donors (Lipinski definition) is 1. The second-order valence-electron chi connectivity index (χ2n) is 6.99. The third-order valence-corrected chi connectivity index (χ3v) is 5.50. The van der Waals surface area contributed by atoms with E-state index in [-0.39, 0.29) is 11.7 Å². The van der Waals surface area contributed by atoms with E-state index in [1.54, 1.807) is 35.6 Å². The van der Waals surface area contributed by atoms with Crippen molar-refractivity contribution in [2.24, 2.45) is 0 Å². The van der Waals surface area contributed by atoms with Crippen molar-refractivity contribution in [1.82, 2.24) is 14.7 Å². The molecule has 31 heavy (non-hydrogen) atoms. The lowest BCUT2D eigenvalue weighted by molar-refractivity contribution is -0.137. The number of aryl methyl sites for hydroxylation is 2. The summed E-state index contributed by atoms with van der Waals surface area (Å²) in [6, 6.07) is 11.5. The molecule has 9 heteroatoms. The first-order valence-corrected chi connectivity index (χ1v) is 10.2. The van der Waals surface area contributed by atoms with Gasteiger partial charge in [0.15, 0.2) is 4.96 Å². The van der Waals surface area contributed by atoms with Gasteiger partial charge in [-0.2, -0.15) is 13.2 Å². The molecule has 4 rings (SSSR count). The summed E-state index contributed by atoms with van der Waals surface area (Å²) in [5, 5.41) is 2.88. The van der Waals surface area contributed by atoms with E-state index >= 15 is 0 Å². The quantitative estimate of drug-likeness (QED) is 0.425. The van der Waals surface area contributed by atoms with Crippen LogP contribution in [0.1, 0.15) is 32.2 Å². The average Bonchev–Trinajstić information content (AvgIpc) is 3.20. The zero-order valence-corrected chi connectivity index (χ0v) is 17.5. The fraction of sp³-hybridized carbons (Fsp3) is 0.182. The number of fused-ring (bicyclic) bond motifs is 1. The fourth-order valence-corrected chi connectivity index (χ4v) is 4.02. The summed E-state index contributed by atoms with van der Waals surface area (Å²) in [5.41, 5.74) is 1.22. The second-order valence-corrected chi connectivity index (χ2v) is 8.21. The van der Waals surface area contributed by atoms with Crippen LogP contribution in [-0.2, 0) is 12.7 Å². The van der Waals surface area contributed by atoms with E-state index in [0.717, 1.165) is 27.5 Å². The van der Waals surface area contributed by atoms with Crippen molar-refractivity contribution in [3.8, 4) is 11.5 Å². The van der Waals surface area contributed by atoms with Crippen LogP contribution in [0.5, 0.6) is 11.5 Å². The van der Waals surface area contributed by atoms with Crippen LogP contribution in [-0.4, -0.2) is 15.3 Å². The summed E-state index contributed by atoms with van der Waals surface area (Å²) in [6.45, 7) is 4.04. The molecule has 0 atom stereocenters. The predicted molar refractivity (Wildman–Crippen MR) is 112 cm³/mol. The molecule has 1 amide bonds. The molecule has 1 N–H and O–H groups in total. The normalized spacial score (nSPS) is 11.6. The number of benzene rings is 2. The van der Waals surface area contributed by atoms with E-state index in [9.17, 15) is 18.0 Å². The van der Waals surface area contributed by atoms with Crippen molar-refractivity contribution in [3.05, 3.63) is 82.1 Å². The lowest BCUT2D eigenvalue weighted by atomic mass is 10.2. The Labute approximate surface area is 180 Å². The molecule has 4 aromatic rings. The van der Waals surface area contributed by atoms with Gasteiger partial charge in [-0.3, -0.25) is 9.20 Å². The number of ether oxygens (including phenoxy) is 1. The minimum Gasteiger partial charge on any atom is -0.457 e. The Kier molecular flexibility index (Phi) is 5.45. The van der Waals surface area contributed by atoms with Crippen LogP contribution in [0.25, 0.3) is 4.96 Å². The van der Waals surface area contributed by atoms with Gasteiger partial charge in [0, 0.05) is 17.6 Å². The molecule has 2 aromatic carbocycles. The average molecular weight is 445 g/mol. The van der Waals surface area contributed by atoms with Crippen LogP contribution < -0.4 is 10.1 Å². The Balaban J connectivity index is 1.41. The molecular formula is C22H18F3N3O2S. The van der Waals surface area contributed by atoms with Crippen molar-refractivity contribution >= 4 is 22.2 Å². The molecule has 0 radical (unpaired) electrons. The predicted octanol–water partition coefficient (Wildman–Crippen LogP) is 5.75. The van der Waals surface area contributed by atoms with E-state index < -0.39 is 11.7 Å². The van der Waals surface area contributed by atoms with Crippen LogP contribution in [0.3, 0.4) is 0 Å². The van der Waals surface area contributed by atoms with Crippen LogP contribution in [0.2, 0.25) is 0 Å². The zero-order valence-electron chi connectivity index (χ0n) is 16.7. The van der Waals surface area contributed by atoms with Gasteiger partial charge in [0.05, 0.1) is 11.3 Å². The van der Waals surface area contributed by atoms with Gasteiger partial charge in [-0.25, -0.2) is 4.98 Å². The number of thiazole rings is 1. The third-order valence-electron chi connectivity index (χ3n) is 4.60.